The third kappa shape index (κ3) is 6.66. The normalized spacial score (nSPS) is 13.1. The van der Waals surface area contributed by atoms with Gasteiger partial charge in [0.25, 0.3) is 0 Å². The third-order valence-electron chi connectivity index (χ3n) is 4.49. The second kappa shape index (κ2) is 10.6. The lowest BCUT2D eigenvalue weighted by molar-refractivity contribution is -0.00543. The number of hydrogen-bond donors (Lipinski definition) is 1. The molecule has 3 heteroatoms. The fourth-order valence-corrected chi connectivity index (χ4v) is 3.85. The monoisotopic (exact) mass is 300 g/mol. The highest BCUT2D eigenvalue weighted by Crippen LogP contribution is 2.33. The second-order valence-corrected chi connectivity index (χ2v) is 7.28. The summed E-state index contributed by atoms with van der Waals surface area (Å²) in [6, 6.07) is 0.598. The Balaban J connectivity index is 5.48. The highest BCUT2D eigenvalue weighted by molar-refractivity contribution is 4.96. The Kier molecular flexibility index (Phi) is 10.5. The molecule has 0 saturated carbocycles. The van der Waals surface area contributed by atoms with Crippen molar-refractivity contribution in [2.24, 2.45) is 17.6 Å². The Morgan fingerprint density at radius 3 is 1.76 bits per heavy atom. The summed E-state index contributed by atoms with van der Waals surface area (Å²) in [6.45, 7) is 16.3. The maximum atomic E-state index is 6.34. The molecule has 0 aliphatic heterocycles. The van der Waals surface area contributed by atoms with Crippen molar-refractivity contribution in [2.75, 3.05) is 26.8 Å². The fourth-order valence-electron chi connectivity index (χ4n) is 3.85. The summed E-state index contributed by atoms with van der Waals surface area (Å²) in [4.78, 5) is 2.68. The van der Waals surface area contributed by atoms with Crippen LogP contribution in [0.15, 0.2) is 0 Å². The molecule has 0 aliphatic carbocycles. The smallest absolute Gasteiger partial charge is 0.0590 e. The van der Waals surface area contributed by atoms with Gasteiger partial charge < -0.3 is 10.5 Å². The van der Waals surface area contributed by atoms with E-state index >= 15 is 0 Å². The van der Waals surface area contributed by atoms with Gasteiger partial charge in [0.1, 0.15) is 0 Å². The van der Waals surface area contributed by atoms with Gasteiger partial charge >= 0.3 is 0 Å². The van der Waals surface area contributed by atoms with E-state index in [4.69, 9.17) is 10.5 Å². The van der Waals surface area contributed by atoms with E-state index in [1.54, 1.807) is 7.11 Å². The number of rotatable bonds is 12. The predicted octanol–water partition coefficient (Wildman–Crippen LogP) is 3.91. The standard InChI is InChI=1S/C18H40N2O/c1-8-17(9-2)20(10-11-21-7)18(14-19,12-15(3)4)13-16(5)6/h15-17H,8-14,19H2,1-7H3. The van der Waals surface area contributed by atoms with Crippen molar-refractivity contribution in [2.45, 2.75) is 78.8 Å². The Morgan fingerprint density at radius 1 is 1.00 bits per heavy atom. The van der Waals surface area contributed by atoms with Crippen LogP contribution < -0.4 is 5.73 Å². The SMILES string of the molecule is CCC(CC)N(CCOC)C(CN)(CC(C)C)CC(C)C. The summed E-state index contributed by atoms with van der Waals surface area (Å²) in [6.07, 6.45) is 4.69. The lowest BCUT2D eigenvalue weighted by atomic mass is 9.79. The van der Waals surface area contributed by atoms with E-state index in [0.29, 0.717) is 17.9 Å². The molecule has 3 nitrogen and oxygen atoms in total. The largest absolute Gasteiger partial charge is 0.383 e. The van der Waals surface area contributed by atoms with Gasteiger partial charge in [-0.3, -0.25) is 4.90 Å². The molecule has 128 valence electrons. The molecule has 0 rings (SSSR count). The molecular formula is C18H40N2O. The Bertz CT molecular complexity index is 240. The van der Waals surface area contributed by atoms with Crippen LogP contribution in [0.2, 0.25) is 0 Å². The van der Waals surface area contributed by atoms with E-state index in [9.17, 15) is 0 Å². The van der Waals surface area contributed by atoms with Crippen LogP contribution in [0.5, 0.6) is 0 Å². The Labute approximate surface area is 133 Å². The van der Waals surface area contributed by atoms with Gasteiger partial charge in [0, 0.05) is 31.8 Å². The highest BCUT2D eigenvalue weighted by atomic mass is 16.5. The Hall–Kier alpha value is -0.120. The van der Waals surface area contributed by atoms with Crippen LogP contribution in [-0.2, 0) is 4.74 Å². The number of ether oxygens (including phenoxy) is 1. The first-order chi connectivity index (χ1) is 9.86. The molecule has 2 N–H and O–H groups in total. The quantitative estimate of drug-likeness (QED) is 0.594. The molecule has 0 aromatic carbocycles. The van der Waals surface area contributed by atoms with Gasteiger partial charge in [0.2, 0.25) is 0 Å². The molecule has 0 spiro atoms. The molecule has 0 heterocycles. The topological polar surface area (TPSA) is 38.5 Å². The minimum absolute atomic E-state index is 0.109. The maximum Gasteiger partial charge on any atom is 0.0590 e. The molecule has 0 aromatic heterocycles. The minimum atomic E-state index is 0.109. The molecule has 0 radical (unpaired) electrons. The minimum Gasteiger partial charge on any atom is -0.383 e. The molecule has 0 atom stereocenters. The number of methoxy groups -OCH3 is 1. The molecule has 0 amide bonds. The van der Waals surface area contributed by atoms with Gasteiger partial charge in [-0.15, -0.1) is 0 Å². The van der Waals surface area contributed by atoms with Crippen molar-refractivity contribution in [1.29, 1.82) is 0 Å². The van der Waals surface area contributed by atoms with E-state index in [0.717, 1.165) is 19.7 Å². The maximum absolute atomic E-state index is 6.34. The highest BCUT2D eigenvalue weighted by Gasteiger charge is 2.39. The zero-order valence-corrected chi connectivity index (χ0v) is 15.6. The summed E-state index contributed by atoms with van der Waals surface area (Å²) in [5.74, 6) is 1.32. The predicted molar refractivity (Wildman–Crippen MR) is 93.6 cm³/mol. The van der Waals surface area contributed by atoms with E-state index in [2.05, 4.69) is 46.4 Å². The van der Waals surface area contributed by atoms with Crippen LogP contribution in [0.3, 0.4) is 0 Å². The summed E-state index contributed by atoms with van der Waals surface area (Å²) in [5, 5.41) is 0. The van der Waals surface area contributed by atoms with Gasteiger partial charge in [-0.2, -0.15) is 0 Å². The van der Waals surface area contributed by atoms with Crippen LogP contribution in [-0.4, -0.2) is 43.3 Å². The summed E-state index contributed by atoms with van der Waals surface area (Å²) in [5.41, 5.74) is 6.45. The zero-order chi connectivity index (χ0) is 16.5. The van der Waals surface area contributed by atoms with Crippen molar-refractivity contribution in [3.63, 3.8) is 0 Å². The molecular weight excluding hydrogens is 260 g/mol. The molecule has 0 aliphatic rings. The summed E-state index contributed by atoms with van der Waals surface area (Å²) in [7, 11) is 1.79. The van der Waals surface area contributed by atoms with E-state index < -0.39 is 0 Å². The Morgan fingerprint density at radius 2 is 1.48 bits per heavy atom. The average Bonchev–Trinajstić information content (AvgIpc) is 2.41. The van der Waals surface area contributed by atoms with Crippen molar-refractivity contribution in [1.82, 2.24) is 4.90 Å². The molecule has 0 fully saturated rings. The molecule has 21 heavy (non-hydrogen) atoms. The average molecular weight is 301 g/mol. The van der Waals surface area contributed by atoms with Gasteiger partial charge in [-0.1, -0.05) is 41.5 Å². The van der Waals surface area contributed by atoms with Gasteiger partial charge in [-0.25, -0.2) is 0 Å². The summed E-state index contributed by atoms with van der Waals surface area (Å²) < 4.78 is 5.38. The molecule has 0 aromatic rings. The molecule has 0 saturated heterocycles. The van der Waals surface area contributed by atoms with E-state index in [-0.39, 0.29) is 5.54 Å². The van der Waals surface area contributed by atoms with Crippen LogP contribution >= 0.6 is 0 Å². The van der Waals surface area contributed by atoms with Crippen molar-refractivity contribution in [3.05, 3.63) is 0 Å². The van der Waals surface area contributed by atoms with Crippen LogP contribution in [0.4, 0.5) is 0 Å². The van der Waals surface area contributed by atoms with Gasteiger partial charge in [0.15, 0.2) is 0 Å². The zero-order valence-electron chi connectivity index (χ0n) is 15.6. The van der Waals surface area contributed by atoms with Crippen LogP contribution in [0.25, 0.3) is 0 Å². The van der Waals surface area contributed by atoms with Crippen molar-refractivity contribution >= 4 is 0 Å². The fraction of sp³-hybridized carbons (Fsp3) is 1.00. The lowest BCUT2D eigenvalue weighted by Crippen LogP contribution is -2.59. The van der Waals surface area contributed by atoms with Crippen LogP contribution in [0.1, 0.15) is 67.2 Å². The van der Waals surface area contributed by atoms with Crippen LogP contribution in [0, 0.1) is 11.8 Å². The van der Waals surface area contributed by atoms with E-state index in [1.165, 1.54) is 25.7 Å². The molecule has 0 unspecified atom stereocenters. The first-order valence-corrected chi connectivity index (χ1v) is 8.82. The first-order valence-electron chi connectivity index (χ1n) is 8.82. The lowest BCUT2D eigenvalue weighted by Gasteiger charge is -2.49. The van der Waals surface area contributed by atoms with Gasteiger partial charge in [-0.05, 0) is 37.5 Å². The first kappa shape index (κ1) is 20.9. The molecule has 0 bridgehead atoms. The van der Waals surface area contributed by atoms with Crippen molar-refractivity contribution < 1.29 is 4.74 Å². The van der Waals surface area contributed by atoms with E-state index in [1.807, 2.05) is 0 Å². The van der Waals surface area contributed by atoms with Gasteiger partial charge in [0.05, 0.1) is 6.61 Å². The number of nitrogens with two attached hydrogens (primary N) is 1. The number of hydrogen-bond acceptors (Lipinski definition) is 3. The van der Waals surface area contributed by atoms with Crippen molar-refractivity contribution in [3.8, 4) is 0 Å². The second-order valence-electron chi connectivity index (χ2n) is 7.28. The number of nitrogens with zero attached hydrogens (tertiary/aromatic N) is 1. The summed E-state index contributed by atoms with van der Waals surface area (Å²) >= 11 is 0. The third-order valence-corrected chi connectivity index (χ3v) is 4.49.